The fourth-order valence-corrected chi connectivity index (χ4v) is 7.58. The number of hydrogen-bond acceptors (Lipinski definition) is 7. The van der Waals surface area contributed by atoms with E-state index in [2.05, 4.69) is 42.1 Å². The Labute approximate surface area is 260 Å². The van der Waals surface area contributed by atoms with Crippen LogP contribution in [0.4, 0.5) is 18.9 Å². The normalized spacial score (nSPS) is 19.3. The van der Waals surface area contributed by atoms with Crippen LogP contribution in [0.5, 0.6) is 0 Å². The molecule has 0 aliphatic carbocycles. The Morgan fingerprint density at radius 3 is 2.02 bits per heavy atom. The van der Waals surface area contributed by atoms with Crippen LogP contribution in [0.3, 0.4) is 0 Å². The molecule has 5 rings (SSSR count). The van der Waals surface area contributed by atoms with E-state index in [1.807, 2.05) is 36.1 Å². The molecule has 2 aliphatic rings. The first-order valence-electron chi connectivity index (χ1n) is 14.4. The molecule has 1 amide bonds. The Balaban J connectivity index is 0.000000591. The van der Waals surface area contributed by atoms with Crippen molar-refractivity contribution in [3.05, 3.63) is 76.2 Å². The van der Waals surface area contributed by atoms with Crippen LogP contribution < -0.4 is 4.90 Å². The second-order valence-electron chi connectivity index (χ2n) is 11.5. The largest absolute Gasteiger partial charge is 0.490 e. The second-order valence-corrected chi connectivity index (χ2v) is 13.4. The summed E-state index contributed by atoms with van der Waals surface area (Å²) in [5.74, 6) is -3.15. The highest BCUT2D eigenvalue weighted by atomic mass is 32.2. The zero-order chi connectivity index (χ0) is 33.3. The lowest BCUT2D eigenvalue weighted by Gasteiger charge is -2.38. The smallest absolute Gasteiger partial charge is 0.475 e. The van der Waals surface area contributed by atoms with Crippen molar-refractivity contribution in [1.82, 2.24) is 14.4 Å². The molecule has 1 N–H and O–H groups in total. The van der Waals surface area contributed by atoms with Crippen LogP contribution in [0.1, 0.15) is 39.6 Å². The van der Waals surface area contributed by atoms with Crippen molar-refractivity contribution in [2.75, 3.05) is 44.2 Å². The predicted molar refractivity (Wildman–Crippen MR) is 161 cm³/mol. The second kappa shape index (κ2) is 13.2. The van der Waals surface area contributed by atoms with E-state index in [1.165, 1.54) is 21.1 Å². The molecule has 2 saturated heterocycles. The van der Waals surface area contributed by atoms with Crippen molar-refractivity contribution in [2.24, 2.45) is 5.92 Å². The number of aryl methyl sites for hydroxylation is 5. The molecule has 1 aromatic heterocycles. The van der Waals surface area contributed by atoms with Gasteiger partial charge in [0.15, 0.2) is 5.76 Å². The van der Waals surface area contributed by atoms with Gasteiger partial charge in [0, 0.05) is 50.9 Å². The maximum absolute atomic E-state index is 14.0. The number of anilines is 1. The van der Waals surface area contributed by atoms with E-state index >= 15 is 0 Å². The highest BCUT2D eigenvalue weighted by molar-refractivity contribution is 7.89. The first-order chi connectivity index (χ1) is 21.0. The molecule has 2 fully saturated rings. The number of aliphatic carboxylic acids is 1. The predicted octanol–water partition coefficient (Wildman–Crippen LogP) is 4.60. The first kappa shape index (κ1) is 34.0. The minimum absolute atomic E-state index is 0.0210. The summed E-state index contributed by atoms with van der Waals surface area (Å²) < 4.78 is 65.7. The number of piperazine rings is 1. The van der Waals surface area contributed by atoms with Gasteiger partial charge in [0.25, 0.3) is 0 Å². The molecule has 3 aromatic rings. The van der Waals surface area contributed by atoms with Gasteiger partial charge in [-0.2, -0.15) is 17.5 Å². The lowest BCUT2D eigenvalue weighted by molar-refractivity contribution is -0.192. The number of aromatic nitrogens is 1. The van der Waals surface area contributed by atoms with Crippen LogP contribution in [0.2, 0.25) is 0 Å². The molecule has 0 bridgehead atoms. The van der Waals surface area contributed by atoms with Crippen molar-refractivity contribution in [3.8, 4) is 0 Å². The van der Waals surface area contributed by atoms with Gasteiger partial charge in [0.1, 0.15) is 10.6 Å². The fourth-order valence-electron chi connectivity index (χ4n) is 5.80. The van der Waals surface area contributed by atoms with Crippen molar-refractivity contribution in [1.29, 1.82) is 0 Å². The first-order valence-corrected chi connectivity index (χ1v) is 15.9. The summed E-state index contributed by atoms with van der Waals surface area (Å²) in [7, 11) is -3.86. The number of amides is 1. The number of hydrogen-bond donors (Lipinski definition) is 1. The number of rotatable bonds is 5. The summed E-state index contributed by atoms with van der Waals surface area (Å²) in [4.78, 5) is 27.2. The van der Waals surface area contributed by atoms with E-state index in [0.29, 0.717) is 18.8 Å². The lowest BCUT2D eigenvalue weighted by Crippen LogP contribution is -2.51. The number of carbonyl (C=O) groups is 2. The molecule has 244 valence electrons. The molecule has 0 radical (unpaired) electrons. The van der Waals surface area contributed by atoms with E-state index < -0.39 is 28.1 Å². The SMILES string of the molecule is Cc1ccc(C2CN(S(=O)(=O)c3c(C)noc3C)CC2C(=O)N2CCN(c3cc(C)ccc3C)CC2)cc1.O=C(O)C(F)(F)F. The highest BCUT2D eigenvalue weighted by Gasteiger charge is 2.46. The maximum Gasteiger partial charge on any atom is 0.490 e. The Morgan fingerprint density at radius 1 is 0.911 bits per heavy atom. The summed E-state index contributed by atoms with van der Waals surface area (Å²) in [6, 6.07) is 14.5. The zero-order valence-electron chi connectivity index (χ0n) is 25.8. The van der Waals surface area contributed by atoms with Crippen LogP contribution in [0, 0.1) is 40.5 Å². The monoisotopic (exact) mass is 650 g/mol. The summed E-state index contributed by atoms with van der Waals surface area (Å²) in [5, 5.41) is 11.0. The maximum atomic E-state index is 14.0. The molecule has 0 saturated carbocycles. The van der Waals surface area contributed by atoms with Crippen molar-refractivity contribution < 1.29 is 40.8 Å². The topological polar surface area (TPSA) is 124 Å². The number of sulfonamides is 1. The van der Waals surface area contributed by atoms with E-state index in [1.54, 1.807) is 13.8 Å². The van der Waals surface area contributed by atoms with Crippen LogP contribution >= 0.6 is 0 Å². The van der Waals surface area contributed by atoms with E-state index in [9.17, 15) is 26.4 Å². The third kappa shape index (κ3) is 7.50. The van der Waals surface area contributed by atoms with Crippen LogP contribution in [-0.2, 0) is 19.6 Å². The molecule has 14 heteroatoms. The summed E-state index contributed by atoms with van der Waals surface area (Å²) >= 11 is 0. The minimum atomic E-state index is -5.08. The minimum Gasteiger partial charge on any atom is -0.475 e. The Morgan fingerprint density at radius 2 is 1.49 bits per heavy atom. The molecule has 2 atom stereocenters. The number of carboxylic acid groups (broad SMARTS) is 1. The number of halogens is 3. The van der Waals surface area contributed by atoms with E-state index in [-0.39, 0.29) is 35.6 Å². The molecule has 2 aliphatic heterocycles. The summed E-state index contributed by atoms with van der Waals surface area (Å²) in [5.41, 5.74) is 6.11. The van der Waals surface area contributed by atoms with Gasteiger partial charge in [-0.05, 0) is 57.4 Å². The van der Waals surface area contributed by atoms with Gasteiger partial charge < -0.3 is 19.4 Å². The Hall–Kier alpha value is -3.91. The highest BCUT2D eigenvalue weighted by Crippen LogP contribution is 2.38. The van der Waals surface area contributed by atoms with E-state index in [4.69, 9.17) is 14.4 Å². The average molecular weight is 651 g/mol. The van der Waals surface area contributed by atoms with Crippen LogP contribution in [-0.4, -0.2) is 85.2 Å². The molecule has 2 unspecified atom stereocenters. The van der Waals surface area contributed by atoms with Gasteiger partial charge in [0.2, 0.25) is 15.9 Å². The molecule has 10 nitrogen and oxygen atoms in total. The summed E-state index contributed by atoms with van der Waals surface area (Å²) in [6.45, 7) is 12.6. The number of benzene rings is 2. The standard InChI is InChI=1S/C29H36N4O4S.C2HF3O2/c1-19-7-10-24(11-8-19)25-17-33(38(35,36)28-22(4)30-37-23(28)5)18-26(25)29(34)32-14-12-31(13-15-32)27-16-20(2)6-9-21(27)3;3-2(4,5)1(6)7/h6-11,16,25-26H,12-15,17-18H2,1-5H3;(H,6,7). The molecule has 0 spiro atoms. The lowest BCUT2D eigenvalue weighted by atomic mass is 9.87. The average Bonchev–Trinajstić information content (AvgIpc) is 3.58. The Bertz CT molecular complexity index is 1630. The number of carboxylic acids is 1. The summed E-state index contributed by atoms with van der Waals surface area (Å²) in [6.07, 6.45) is -5.08. The van der Waals surface area contributed by atoms with Crippen LogP contribution in [0.25, 0.3) is 0 Å². The molecule has 2 aromatic carbocycles. The zero-order valence-corrected chi connectivity index (χ0v) is 26.6. The Kier molecular flexibility index (Phi) is 9.98. The van der Waals surface area contributed by atoms with Gasteiger partial charge in [-0.1, -0.05) is 47.1 Å². The fraction of sp³-hybridized carbons (Fsp3) is 0.452. The van der Waals surface area contributed by atoms with Crippen LogP contribution in [0.15, 0.2) is 51.9 Å². The number of alkyl halides is 3. The van der Waals surface area contributed by atoms with Gasteiger partial charge in [-0.25, -0.2) is 13.2 Å². The molecule has 3 heterocycles. The van der Waals surface area contributed by atoms with Gasteiger partial charge in [-0.3, -0.25) is 4.79 Å². The molecule has 45 heavy (non-hydrogen) atoms. The number of nitrogens with zero attached hydrogens (tertiary/aromatic N) is 4. The third-order valence-corrected chi connectivity index (χ3v) is 10.3. The van der Waals surface area contributed by atoms with E-state index in [0.717, 1.165) is 24.2 Å². The quantitative estimate of drug-likeness (QED) is 0.425. The van der Waals surface area contributed by atoms with Crippen molar-refractivity contribution >= 4 is 27.6 Å². The number of carbonyl (C=O) groups excluding carboxylic acids is 1. The van der Waals surface area contributed by atoms with Gasteiger partial charge >= 0.3 is 12.1 Å². The molecular weight excluding hydrogens is 613 g/mol. The van der Waals surface area contributed by atoms with Crippen molar-refractivity contribution in [3.63, 3.8) is 0 Å². The van der Waals surface area contributed by atoms with Gasteiger partial charge in [-0.15, -0.1) is 0 Å². The molecular formula is C31H37F3N4O6S. The van der Waals surface area contributed by atoms with Crippen molar-refractivity contribution in [2.45, 2.75) is 51.6 Å². The third-order valence-electron chi connectivity index (χ3n) is 8.21. The van der Waals surface area contributed by atoms with Gasteiger partial charge in [0.05, 0.1) is 5.92 Å².